The van der Waals surface area contributed by atoms with Gasteiger partial charge in [0, 0.05) is 6.04 Å². The Morgan fingerprint density at radius 3 is 2.93 bits per heavy atom. The van der Waals surface area contributed by atoms with E-state index in [1.54, 1.807) is 0 Å². The van der Waals surface area contributed by atoms with Crippen molar-refractivity contribution in [1.82, 2.24) is 15.3 Å². The molecule has 1 aromatic carbocycles. The Hall–Kier alpha value is -1.35. The molecule has 0 aliphatic heterocycles. The fourth-order valence-corrected chi connectivity index (χ4v) is 1.50. The van der Waals surface area contributed by atoms with Gasteiger partial charge in [0.15, 0.2) is 0 Å². The van der Waals surface area contributed by atoms with Crippen LogP contribution in [-0.4, -0.2) is 16.0 Å². The highest BCUT2D eigenvalue weighted by atomic mass is 15.0. The summed E-state index contributed by atoms with van der Waals surface area (Å²) in [4.78, 5) is 7.80. The predicted octanol–water partition coefficient (Wildman–Crippen LogP) is 2.45. The van der Waals surface area contributed by atoms with Crippen LogP contribution in [0.5, 0.6) is 0 Å². The summed E-state index contributed by atoms with van der Waals surface area (Å²) in [6.07, 6.45) is 1.14. The fourth-order valence-electron chi connectivity index (χ4n) is 1.50. The van der Waals surface area contributed by atoms with E-state index >= 15 is 0 Å². The minimum absolute atomic E-state index is 0.540. The van der Waals surface area contributed by atoms with Crippen LogP contribution in [0.4, 0.5) is 0 Å². The quantitative estimate of drug-likeness (QED) is 0.801. The molecule has 0 radical (unpaired) electrons. The largest absolute Gasteiger partial charge is 0.341 e. The average molecular weight is 203 g/mol. The van der Waals surface area contributed by atoms with Gasteiger partial charge in [-0.1, -0.05) is 19.1 Å². The second-order valence-electron chi connectivity index (χ2n) is 3.89. The molecule has 0 saturated heterocycles. The molecule has 0 amide bonds. The van der Waals surface area contributed by atoms with Crippen LogP contribution >= 0.6 is 0 Å². The number of benzene rings is 1. The minimum Gasteiger partial charge on any atom is -0.341 e. The number of hydrogen-bond acceptors (Lipinski definition) is 2. The fraction of sp³-hybridized carbons (Fsp3) is 0.417. The van der Waals surface area contributed by atoms with E-state index in [0.29, 0.717) is 6.04 Å². The van der Waals surface area contributed by atoms with Crippen LogP contribution in [0.1, 0.15) is 26.1 Å². The van der Waals surface area contributed by atoms with Crippen molar-refractivity contribution in [1.29, 1.82) is 0 Å². The summed E-state index contributed by atoms with van der Waals surface area (Å²) in [5.41, 5.74) is 2.15. The van der Waals surface area contributed by atoms with Gasteiger partial charge in [-0.2, -0.15) is 0 Å². The maximum atomic E-state index is 4.50. The maximum absolute atomic E-state index is 4.50. The molecule has 2 rings (SSSR count). The van der Waals surface area contributed by atoms with Crippen molar-refractivity contribution in [3.8, 4) is 0 Å². The van der Waals surface area contributed by atoms with Crippen LogP contribution in [0.25, 0.3) is 11.0 Å². The lowest BCUT2D eigenvalue weighted by atomic mass is 10.2. The van der Waals surface area contributed by atoms with Gasteiger partial charge < -0.3 is 10.3 Å². The molecule has 1 atom stereocenters. The Morgan fingerprint density at radius 2 is 2.20 bits per heavy atom. The second kappa shape index (κ2) is 4.45. The second-order valence-corrected chi connectivity index (χ2v) is 3.89. The molecule has 3 heteroatoms. The zero-order valence-electron chi connectivity index (χ0n) is 9.25. The monoisotopic (exact) mass is 203 g/mol. The number of para-hydroxylation sites is 2. The van der Waals surface area contributed by atoms with Crippen LogP contribution in [0.15, 0.2) is 24.3 Å². The molecule has 1 heterocycles. The van der Waals surface area contributed by atoms with Gasteiger partial charge in [0.25, 0.3) is 0 Å². The summed E-state index contributed by atoms with van der Waals surface area (Å²) < 4.78 is 0. The first-order chi connectivity index (χ1) is 7.29. The van der Waals surface area contributed by atoms with Crippen molar-refractivity contribution < 1.29 is 0 Å². The summed E-state index contributed by atoms with van der Waals surface area (Å²) in [7, 11) is 0. The molecule has 0 aliphatic carbocycles. The first-order valence-electron chi connectivity index (χ1n) is 5.46. The van der Waals surface area contributed by atoms with Crippen LogP contribution in [0.2, 0.25) is 0 Å². The molecule has 3 nitrogen and oxygen atoms in total. The summed E-state index contributed by atoms with van der Waals surface area (Å²) in [6, 6.07) is 8.65. The molecule has 15 heavy (non-hydrogen) atoms. The third-order valence-electron chi connectivity index (χ3n) is 2.67. The summed E-state index contributed by atoms with van der Waals surface area (Å²) in [5.74, 6) is 1.01. The zero-order chi connectivity index (χ0) is 10.7. The van der Waals surface area contributed by atoms with E-state index in [1.807, 2.05) is 18.2 Å². The number of hydrogen-bond donors (Lipinski definition) is 2. The van der Waals surface area contributed by atoms with Crippen molar-refractivity contribution in [2.24, 2.45) is 0 Å². The molecule has 2 aromatic rings. The Bertz CT molecular complexity index is 400. The van der Waals surface area contributed by atoms with Gasteiger partial charge in [-0.25, -0.2) is 4.98 Å². The number of fused-ring (bicyclic) bond motifs is 1. The van der Waals surface area contributed by atoms with Gasteiger partial charge in [-0.15, -0.1) is 0 Å². The number of nitrogens with zero attached hydrogens (tertiary/aromatic N) is 1. The Labute approximate surface area is 89.9 Å². The number of imidazole rings is 1. The van der Waals surface area contributed by atoms with Crippen LogP contribution in [0, 0.1) is 0 Å². The number of aromatic nitrogens is 2. The highest BCUT2D eigenvalue weighted by molar-refractivity contribution is 5.74. The number of rotatable bonds is 4. The average Bonchev–Trinajstić information content (AvgIpc) is 2.68. The van der Waals surface area contributed by atoms with E-state index in [-0.39, 0.29) is 0 Å². The Balaban J connectivity index is 2.09. The topological polar surface area (TPSA) is 40.7 Å². The highest BCUT2D eigenvalue weighted by Gasteiger charge is 2.02. The lowest BCUT2D eigenvalue weighted by Crippen LogP contribution is -2.24. The molecule has 0 fully saturated rings. The van der Waals surface area contributed by atoms with Gasteiger partial charge in [-0.3, -0.25) is 0 Å². The van der Waals surface area contributed by atoms with E-state index in [9.17, 15) is 0 Å². The van der Waals surface area contributed by atoms with Crippen LogP contribution < -0.4 is 5.32 Å². The van der Waals surface area contributed by atoms with Gasteiger partial charge in [0.05, 0.1) is 17.6 Å². The smallest absolute Gasteiger partial charge is 0.121 e. The third-order valence-corrected chi connectivity index (χ3v) is 2.67. The molecule has 80 valence electrons. The van der Waals surface area contributed by atoms with Crippen LogP contribution in [-0.2, 0) is 6.54 Å². The molecule has 0 saturated carbocycles. The van der Waals surface area contributed by atoms with Crippen molar-refractivity contribution >= 4 is 11.0 Å². The van der Waals surface area contributed by atoms with E-state index in [2.05, 4.69) is 35.2 Å². The predicted molar refractivity (Wildman–Crippen MR) is 62.7 cm³/mol. The van der Waals surface area contributed by atoms with Crippen molar-refractivity contribution in [3.63, 3.8) is 0 Å². The number of nitrogens with one attached hydrogen (secondary N) is 2. The van der Waals surface area contributed by atoms with Crippen LogP contribution in [0.3, 0.4) is 0 Å². The van der Waals surface area contributed by atoms with Crippen molar-refractivity contribution in [3.05, 3.63) is 30.1 Å². The van der Waals surface area contributed by atoms with Gasteiger partial charge in [0.1, 0.15) is 5.82 Å². The lowest BCUT2D eigenvalue weighted by Gasteiger charge is -2.08. The third kappa shape index (κ3) is 2.36. The first kappa shape index (κ1) is 10.2. The van der Waals surface area contributed by atoms with Gasteiger partial charge in [-0.05, 0) is 25.5 Å². The summed E-state index contributed by atoms with van der Waals surface area (Å²) in [6.45, 7) is 5.17. The van der Waals surface area contributed by atoms with E-state index in [1.165, 1.54) is 0 Å². The molecule has 2 N–H and O–H groups in total. The Morgan fingerprint density at radius 1 is 1.40 bits per heavy atom. The van der Waals surface area contributed by atoms with Crippen molar-refractivity contribution in [2.75, 3.05) is 0 Å². The molecule has 1 aromatic heterocycles. The molecular weight excluding hydrogens is 186 g/mol. The van der Waals surface area contributed by atoms with Gasteiger partial charge >= 0.3 is 0 Å². The molecule has 0 spiro atoms. The van der Waals surface area contributed by atoms with E-state index < -0.39 is 0 Å². The van der Waals surface area contributed by atoms with E-state index in [0.717, 1.165) is 29.8 Å². The zero-order valence-corrected chi connectivity index (χ0v) is 9.25. The normalized spacial score (nSPS) is 13.2. The molecular formula is C12H17N3. The summed E-state index contributed by atoms with van der Waals surface area (Å²) in [5, 5.41) is 3.42. The SMILES string of the molecule is CCC(C)NCc1nc2ccccc2[nH]1. The molecule has 1 unspecified atom stereocenters. The Kier molecular flexibility index (Phi) is 3.02. The standard InChI is InChI=1S/C12H17N3/c1-3-9(2)13-8-12-14-10-6-4-5-7-11(10)15-12/h4-7,9,13H,3,8H2,1-2H3,(H,14,15). The number of aromatic amines is 1. The molecule has 0 aliphatic rings. The highest BCUT2D eigenvalue weighted by Crippen LogP contribution is 2.10. The van der Waals surface area contributed by atoms with Crippen molar-refractivity contribution in [2.45, 2.75) is 32.9 Å². The van der Waals surface area contributed by atoms with E-state index in [4.69, 9.17) is 0 Å². The summed E-state index contributed by atoms with van der Waals surface area (Å²) >= 11 is 0. The lowest BCUT2D eigenvalue weighted by molar-refractivity contribution is 0.525. The van der Waals surface area contributed by atoms with Gasteiger partial charge in [0.2, 0.25) is 0 Å². The molecule has 0 bridgehead atoms. The minimum atomic E-state index is 0.540. The maximum Gasteiger partial charge on any atom is 0.121 e. The first-order valence-corrected chi connectivity index (χ1v) is 5.46. The number of H-pyrrole nitrogens is 1.